The fraction of sp³-hybridized carbons (Fsp3) is 0.158. The number of nitrogens with one attached hydrogen (secondary N) is 3. The number of hydrogen-bond donors (Lipinski definition) is 3. The van der Waals surface area contributed by atoms with Crippen LogP contribution in [0.2, 0.25) is 0 Å². The van der Waals surface area contributed by atoms with Gasteiger partial charge in [-0.05, 0) is 19.1 Å². The van der Waals surface area contributed by atoms with Gasteiger partial charge >= 0.3 is 0 Å². The molecule has 0 aliphatic rings. The van der Waals surface area contributed by atoms with E-state index in [0.717, 1.165) is 5.52 Å². The van der Waals surface area contributed by atoms with Crippen LogP contribution in [-0.2, 0) is 4.79 Å². The monoisotopic (exact) mass is 366 g/mol. The third-order valence-electron chi connectivity index (χ3n) is 4.15. The highest BCUT2D eigenvalue weighted by atomic mass is 16.6. The number of rotatable bonds is 7. The maximum absolute atomic E-state index is 12.5. The molecular formula is C19H18N4O4. The first kappa shape index (κ1) is 18.1. The molecule has 0 aliphatic heterocycles. The molecule has 27 heavy (non-hydrogen) atoms. The second-order valence-corrected chi connectivity index (χ2v) is 5.96. The van der Waals surface area contributed by atoms with E-state index in [1.165, 1.54) is 6.07 Å². The number of aromatic nitrogens is 1. The number of H-pyrrole nitrogens is 1. The Labute approximate surface area is 154 Å². The molecule has 3 rings (SSSR count). The van der Waals surface area contributed by atoms with Crippen LogP contribution in [0.15, 0.2) is 48.5 Å². The third kappa shape index (κ3) is 3.79. The molecule has 1 aromatic heterocycles. The topological polar surface area (TPSA) is 117 Å². The van der Waals surface area contributed by atoms with Crippen LogP contribution in [-0.4, -0.2) is 34.7 Å². The van der Waals surface area contributed by atoms with Gasteiger partial charge in [-0.3, -0.25) is 19.7 Å². The molecule has 0 radical (unpaired) electrons. The molecule has 1 heterocycles. The predicted octanol–water partition coefficient (Wildman–Crippen LogP) is 2.80. The van der Waals surface area contributed by atoms with Gasteiger partial charge in [0.1, 0.15) is 5.69 Å². The molecule has 3 N–H and O–H groups in total. The molecule has 0 unspecified atom stereocenters. The molecule has 0 spiro atoms. The van der Waals surface area contributed by atoms with Gasteiger partial charge in [0.15, 0.2) is 0 Å². The number of aryl methyl sites for hydroxylation is 1. The number of carbonyl (C=O) groups is 2. The number of nitro groups is 1. The maximum Gasteiger partial charge on any atom is 0.292 e. The van der Waals surface area contributed by atoms with Crippen molar-refractivity contribution in [2.45, 2.75) is 6.92 Å². The summed E-state index contributed by atoms with van der Waals surface area (Å²) in [6.07, 6.45) is 0. The standard InChI is InChI=1S/C19H18N4O4/c1-12-17(13-6-2-3-7-14(13)22-12)18(24)19(25)21-11-10-20-15-8-4-5-9-16(15)23(26)27/h2-9,20,22H,10-11H2,1H3,(H,21,25). The van der Waals surface area contributed by atoms with E-state index in [1.54, 1.807) is 37.3 Å². The van der Waals surface area contributed by atoms with E-state index in [9.17, 15) is 19.7 Å². The summed E-state index contributed by atoms with van der Waals surface area (Å²) < 4.78 is 0. The van der Waals surface area contributed by atoms with Gasteiger partial charge < -0.3 is 15.6 Å². The van der Waals surface area contributed by atoms with Crippen molar-refractivity contribution in [3.63, 3.8) is 0 Å². The number of nitrogens with zero attached hydrogens (tertiary/aromatic N) is 1. The van der Waals surface area contributed by atoms with Gasteiger partial charge in [-0.15, -0.1) is 0 Å². The number of fused-ring (bicyclic) bond motifs is 1. The summed E-state index contributed by atoms with van der Waals surface area (Å²) in [5.41, 5.74) is 2.10. The van der Waals surface area contributed by atoms with Gasteiger partial charge in [0, 0.05) is 35.8 Å². The highest BCUT2D eigenvalue weighted by molar-refractivity contribution is 6.45. The van der Waals surface area contributed by atoms with Crippen molar-refractivity contribution < 1.29 is 14.5 Å². The number of ketones is 1. The normalized spacial score (nSPS) is 10.6. The number of anilines is 1. The summed E-state index contributed by atoms with van der Waals surface area (Å²) in [5, 5.41) is 17.1. The Balaban J connectivity index is 1.61. The van der Waals surface area contributed by atoms with E-state index >= 15 is 0 Å². The largest absolute Gasteiger partial charge is 0.378 e. The Hall–Kier alpha value is -3.68. The maximum atomic E-state index is 12.5. The van der Waals surface area contributed by atoms with E-state index in [0.29, 0.717) is 22.3 Å². The molecule has 3 aromatic rings. The molecule has 0 saturated carbocycles. The van der Waals surface area contributed by atoms with Gasteiger partial charge in [0.2, 0.25) is 0 Å². The molecule has 0 aliphatic carbocycles. The van der Waals surface area contributed by atoms with Gasteiger partial charge in [0.05, 0.1) is 10.5 Å². The molecular weight excluding hydrogens is 348 g/mol. The van der Waals surface area contributed by atoms with E-state index in [2.05, 4.69) is 15.6 Å². The molecule has 8 heteroatoms. The zero-order valence-electron chi connectivity index (χ0n) is 14.6. The Morgan fingerprint density at radius 3 is 2.56 bits per heavy atom. The number of hydrogen-bond acceptors (Lipinski definition) is 5. The zero-order valence-corrected chi connectivity index (χ0v) is 14.6. The van der Waals surface area contributed by atoms with Crippen LogP contribution in [0.3, 0.4) is 0 Å². The van der Waals surface area contributed by atoms with Crippen LogP contribution in [0.25, 0.3) is 10.9 Å². The fourth-order valence-corrected chi connectivity index (χ4v) is 2.92. The highest BCUT2D eigenvalue weighted by Gasteiger charge is 2.22. The highest BCUT2D eigenvalue weighted by Crippen LogP contribution is 2.23. The van der Waals surface area contributed by atoms with Crippen LogP contribution >= 0.6 is 0 Å². The van der Waals surface area contributed by atoms with Crippen LogP contribution in [0.5, 0.6) is 0 Å². The SMILES string of the molecule is Cc1[nH]c2ccccc2c1C(=O)C(=O)NCCNc1ccccc1[N+](=O)[O-]. The van der Waals surface area contributed by atoms with Gasteiger partial charge in [0.25, 0.3) is 17.4 Å². The first-order chi connectivity index (χ1) is 13.0. The van der Waals surface area contributed by atoms with Crippen molar-refractivity contribution in [1.29, 1.82) is 0 Å². The summed E-state index contributed by atoms with van der Waals surface area (Å²) >= 11 is 0. The van der Waals surface area contributed by atoms with E-state index in [1.807, 2.05) is 12.1 Å². The molecule has 2 aromatic carbocycles. The molecule has 1 amide bonds. The summed E-state index contributed by atoms with van der Waals surface area (Å²) in [6, 6.07) is 13.5. The molecule has 8 nitrogen and oxygen atoms in total. The van der Waals surface area contributed by atoms with Crippen LogP contribution in [0, 0.1) is 17.0 Å². The lowest BCUT2D eigenvalue weighted by Crippen LogP contribution is -2.34. The number of para-hydroxylation sites is 3. The lowest BCUT2D eigenvalue weighted by molar-refractivity contribution is -0.384. The van der Waals surface area contributed by atoms with Gasteiger partial charge in [-0.1, -0.05) is 30.3 Å². The van der Waals surface area contributed by atoms with E-state index < -0.39 is 16.6 Å². The Bertz CT molecular complexity index is 1030. The minimum atomic E-state index is -0.716. The Kier molecular flexibility index (Phi) is 5.16. The van der Waals surface area contributed by atoms with Crippen molar-refractivity contribution in [1.82, 2.24) is 10.3 Å². The second kappa shape index (κ2) is 7.69. The number of Topliss-reactive ketones (excluding diaryl/α,β-unsaturated/α-hetero) is 1. The molecule has 0 bridgehead atoms. The summed E-state index contributed by atoms with van der Waals surface area (Å²) in [7, 11) is 0. The van der Waals surface area contributed by atoms with Gasteiger partial charge in [-0.25, -0.2) is 0 Å². The number of nitro benzene ring substituents is 1. The number of carbonyl (C=O) groups excluding carboxylic acids is 2. The van der Waals surface area contributed by atoms with Crippen molar-refractivity contribution in [3.05, 3.63) is 69.9 Å². The number of aromatic amines is 1. The first-order valence-corrected chi connectivity index (χ1v) is 8.36. The smallest absolute Gasteiger partial charge is 0.292 e. The van der Waals surface area contributed by atoms with Crippen molar-refractivity contribution in [2.24, 2.45) is 0 Å². The average Bonchev–Trinajstić information content (AvgIpc) is 3.00. The minimum absolute atomic E-state index is 0.0469. The summed E-state index contributed by atoms with van der Waals surface area (Å²) in [5.74, 6) is -1.33. The van der Waals surface area contributed by atoms with Crippen molar-refractivity contribution in [3.8, 4) is 0 Å². The van der Waals surface area contributed by atoms with E-state index in [-0.39, 0.29) is 18.8 Å². The quantitative estimate of drug-likeness (QED) is 0.195. The van der Waals surface area contributed by atoms with Crippen molar-refractivity contribution >= 4 is 34.0 Å². The fourth-order valence-electron chi connectivity index (χ4n) is 2.92. The first-order valence-electron chi connectivity index (χ1n) is 8.36. The molecule has 138 valence electrons. The number of amides is 1. The second-order valence-electron chi connectivity index (χ2n) is 5.96. The van der Waals surface area contributed by atoms with Crippen molar-refractivity contribution in [2.75, 3.05) is 18.4 Å². The molecule has 0 saturated heterocycles. The van der Waals surface area contributed by atoms with Crippen LogP contribution in [0.1, 0.15) is 16.1 Å². The third-order valence-corrected chi connectivity index (χ3v) is 4.15. The van der Waals surface area contributed by atoms with E-state index in [4.69, 9.17) is 0 Å². The van der Waals surface area contributed by atoms with Crippen LogP contribution < -0.4 is 10.6 Å². The lowest BCUT2D eigenvalue weighted by atomic mass is 10.1. The molecule has 0 atom stereocenters. The van der Waals surface area contributed by atoms with Crippen LogP contribution in [0.4, 0.5) is 11.4 Å². The predicted molar refractivity (Wildman–Crippen MR) is 102 cm³/mol. The summed E-state index contributed by atoms with van der Waals surface area (Å²) in [6.45, 7) is 2.14. The summed E-state index contributed by atoms with van der Waals surface area (Å²) in [4.78, 5) is 38.3. The lowest BCUT2D eigenvalue weighted by Gasteiger charge is -2.08. The molecule has 0 fully saturated rings. The van der Waals surface area contributed by atoms with Gasteiger partial charge in [-0.2, -0.15) is 0 Å². The minimum Gasteiger partial charge on any atom is -0.378 e. The Morgan fingerprint density at radius 2 is 1.78 bits per heavy atom. The average molecular weight is 366 g/mol. The zero-order chi connectivity index (χ0) is 19.4. The number of benzene rings is 2. The Morgan fingerprint density at radius 1 is 1.07 bits per heavy atom.